The number of methoxy groups -OCH3 is 1. The predicted octanol–water partition coefficient (Wildman–Crippen LogP) is 4.62. The maximum absolute atomic E-state index is 13.0. The smallest absolute Gasteiger partial charge is 0.174 e. The highest BCUT2D eigenvalue weighted by atomic mass is 16.5. The van der Waals surface area contributed by atoms with E-state index in [1.54, 1.807) is 31.4 Å². The summed E-state index contributed by atoms with van der Waals surface area (Å²) in [5, 5.41) is 0. The van der Waals surface area contributed by atoms with Crippen LogP contribution in [-0.2, 0) is 6.42 Å². The minimum Gasteiger partial charge on any atom is -0.497 e. The highest BCUT2D eigenvalue weighted by Gasteiger charge is 2.28. The zero-order chi connectivity index (χ0) is 18.4. The molecule has 0 aliphatic carbocycles. The fourth-order valence-corrected chi connectivity index (χ4v) is 2.91. The lowest BCUT2D eigenvalue weighted by molar-refractivity contribution is 0.0806. The van der Waals surface area contributed by atoms with E-state index in [0.29, 0.717) is 17.5 Å². The van der Waals surface area contributed by atoms with Crippen molar-refractivity contribution in [3.05, 3.63) is 102 Å². The fourth-order valence-electron chi connectivity index (χ4n) is 2.91. The molecule has 0 heterocycles. The van der Waals surface area contributed by atoms with Gasteiger partial charge in [-0.15, -0.1) is 0 Å². The van der Waals surface area contributed by atoms with Crippen molar-refractivity contribution in [2.24, 2.45) is 5.92 Å². The Kier molecular flexibility index (Phi) is 5.59. The van der Waals surface area contributed by atoms with Crippen LogP contribution in [0.1, 0.15) is 26.3 Å². The third kappa shape index (κ3) is 4.06. The Morgan fingerprint density at radius 2 is 1.19 bits per heavy atom. The van der Waals surface area contributed by atoms with Gasteiger partial charge in [0.1, 0.15) is 5.75 Å². The maximum atomic E-state index is 13.0. The second-order valence-corrected chi connectivity index (χ2v) is 6.07. The Hall–Kier alpha value is -3.20. The molecule has 26 heavy (non-hydrogen) atoms. The van der Waals surface area contributed by atoms with E-state index in [1.165, 1.54) is 0 Å². The molecule has 0 amide bonds. The van der Waals surface area contributed by atoms with Gasteiger partial charge in [0, 0.05) is 11.1 Å². The summed E-state index contributed by atoms with van der Waals surface area (Å²) in [5.41, 5.74) is 2.02. The zero-order valence-electron chi connectivity index (χ0n) is 14.6. The number of carbonyl (C=O) groups is 2. The van der Waals surface area contributed by atoms with Crippen LogP contribution in [0.25, 0.3) is 0 Å². The van der Waals surface area contributed by atoms with Gasteiger partial charge in [-0.1, -0.05) is 72.8 Å². The van der Waals surface area contributed by atoms with Crippen LogP contribution in [0.2, 0.25) is 0 Å². The Morgan fingerprint density at radius 3 is 1.62 bits per heavy atom. The third-order valence-electron chi connectivity index (χ3n) is 4.35. The van der Waals surface area contributed by atoms with Gasteiger partial charge in [0.2, 0.25) is 0 Å². The molecule has 3 heteroatoms. The normalized spacial score (nSPS) is 10.5. The SMILES string of the molecule is COc1ccc(CC(C(=O)c2ccccc2)C(=O)c2ccccc2)cc1. The van der Waals surface area contributed by atoms with Crippen molar-refractivity contribution in [2.45, 2.75) is 6.42 Å². The fraction of sp³-hybridized carbons (Fsp3) is 0.130. The van der Waals surface area contributed by atoms with Crippen molar-refractivity contribution < 1.29 is 14.3 Å². The van der Waals surface area contributed by atoms with Crippen LogP contribution < -0.4 is 4.74 Å². The molecular weight excluding hydrogens is 324 g/mol. The van der Waals surface area contributed by atoms with Crippen molar-refractivity contribution in [1.29, 1.82) is 0 Å². The van der Waals surface area contributed by atoms with E-state index in [9.17, 15) is 9.59 Å². The van der Waals surface area contributed by atoms with Gasteiger partial charge in [0.25, 0.3) is 0 Å². The Morgan fingerprint density at radius 1 is 0.731 bits per heavy atom. The lowest BCUT2D eigenvalue weighted by atomic mass is 9.85. The molecule has 130 valence electrons. The summed E-state index contributed by atoms with van der Waals surface area (Å²) in [5.74, 6) is -0.326. The Bertz CT molecular complexity index is 817. The topological polar surface area (TPSA) is 43.4 Å². The summed E-state index contributed by atoms with van der Waals surface area (Å²) in [6.45, 7) is 0. The Labute approximate surface area is 153 Å². The van der Waals surface area contributed by atoms with Crippen LogP contribution in [0.5, 0.6) is 5.75 Å². The molecule has 0 aliphatic heterocycles. The largest absolute Gasteiger partial charge is 0.497 e. The standard InChI is InChI=1S/C23H20O3/c1-26-20-14-12-17(13-15-20)16-21(22(24)18-8-4-2-5-9-18)23(25)19-10-6-3-7-11-19/h2-15,21H,16H2,1H3. The van der Waals surface area contributed by atoms with Crippen LogP contribution >= 0.6 is 0 Å². The first-order valence-corrected chi connectivity index (χ1v) is 8.50. The molecule has 3 nitrogen and oxygen atoms in total. The van der Waals surface area contributed by atoms with Gasteiger partial charge in [-0.3, -0.25) is 9.59 Å². The number of hydrogen-bond donors (Lipinski definition) is 0. The van der Waals surface area contributed by atoms with Gasteiger partial charge in [-0.2, -0.15) is 0 Å². The lowest BCUT2D eigenvalue weighted by Crippen LogP contribution is -2.26. The lowest BCUT2D eigenvalue weighted by Gasteiger charge is -2.16. The van der Waals surface area contributed by atoms with Gasteiger partial charge in [-0.25, -0.2) is 0 Å². The average molecular weight is 344 g/mol. The van der Waals surface area contributed by atoms with Crippen molar-refractivity contribution in [1.82, 2.24) is 0 Å². The number of carbonyl (C=O) groups excluding carboxylic acids is 2. The van der Waals surface area contributed by atoms with Crippen LogP contribution in [-0.4, -0.2) is 18.7 Å². The highest BCUT2D eigenvalue weighted by Crippen LogP contribution is 2.21. The monoisotopic (exact) mass is 344 g/mol. The third-order valence-corrected chi connectivity index (χ3v) is 4.35. The molecule has 0 atom stereocenters. The number of Topliss-reactive ketones (excluding diaryl/α,β-unsaturated/α-hetero) is 2. The summed E-state index contributed by atoms with van der Waals surface area (Å²) >= 11 is 0. The van der Waals surface area contributed by atoms with Crippen LogP contribution in [0.4, 0.5) is 0 Å². The molecule has 0 aromatic heterocycles. The number of rotatable bonds is 7. The Balaban J connectivity index is 1.92. The number of ether oxygens (including phenoxy) is 1. The van der Waals surface area contributed by atoms with Gasteiger partial charge in [0.15, 0.2) is 11.6 Å². The van der Waals surface area contributed by atoms with E-state index in [4.69, 9.17) is 4.74 Å². The summed E-state index contributed by atoms with van der Waals surface area (Å²) in [4.78, 5) is 26.1. The number of hydrogen-bond acceptors (Lipinski definition) is 3. The molecule has 0 fully saturated rings. The first-order chi connectivity index (χ1) is 12.7. The van der Waals surface area contributed by atoms with Gasteiger partial charge < -0.3 is 4.74 Å². The molecule has 3 rings (SSSR count). The van der Waals surface area contributed by atoms with Crippen LogP contribution in [0.15, 0.2) is 84.9 Å². The molecule has 3 aromatic rings. The van der Waals surface area contributed by atoms with Crippen molar-refractivity contribution in [3.63, 3.8) is 0 Å². The molecule has 0 saturated carbocycles. The van der Waals surface area contributed by atoms with Crippen molar-refractivity contribution >= 4 is 11.6 Å². The summed E-state index contributed by atoms with van der Waals surface area (Å²) in [6.07, 6.45) is 0.353. The molecular formula is C23H20O3. The van der Waals surface area contributed by atoms with E-state index in [2.05, 4.69) is 0 Å². The minimum atomic E-state index is -0.756. The summed E-state index contributed by atoms with van der Waals surface area (Å²) in [6, 6.07) is 25.4. The average Bonchev–Trinajstić information content (AvgIpc) is 2.73. The highest BCUT2D eigenvalue weighted by molar-refractivity contribution is 6.16. The van der Waals surface area contributed by atoms with Crippen LogP contribution in [0, 0.1) is 5.92 Å². The molecule has 0 aliphatic rings. The predicted molar refractivity (Wildman–Crippen MR) is 102 cm³/mol. The first kappa shape index (κ1) is 17.6. The van der Waals surface area contributed by atoms with E-state index in [-0.39, 0.29) is 11.6 Å². The van der Waals surface area contributed by atoms with Crippen molar-refractivity contribution in [2.75, 3.05) is 7.11 Å². The van der Waals surface area contributed by atoms with Gasteiger partial charge in [0.05, 0.1) is 13.0 Å². The zero-order valence-corrected chi connectivity index (χ0v) is 14.6. The molecule has 0 bridgehead atoms. The molecule has 0 saturated heterocycles. The van der Waals surface area contributed by atoms with E-state index < -0.39 is 5.92 Å². The van der Waals surface area contributed by atoms with E-state index >= 15 is 0 Å². The van der Waals surface area contributed by atoms with Crippen molar-refractivity contribution in [3.8, 4) is 5.75 Å². The number of benzene rings is 3. The second-order valence-electron chi connectivity index (χ2n) is 6.07. The number of ketones is 2. The van der Waals surface area contributed by atoms with Gasteiger partial charge in [-0.05, 0) is 24.1 Å². The summed E-state index contributed by atoms with van der Waals surface area (Å²) in [7, 11) is 1.61. The quantitative estimate of drug-likeness (QED) is 0.464. The maximum Gasteiger partial charge on any atom is 0.174 e. The first-order valence-electron chi connectivity index (χ1n) is 8.50. The van der Waals surface area contributed by atoms with Crippen LogP contribution in [0.3, 0.4) is 0 Å². The molecule has 0 radical (unpaired) electrons. The molecule has 3 aromatic carbocycles. The van der Waals surface area contributed by atoms with E-state index in [0.717, 1.165) is 11.3 Å². The minimum absolute atomic E-state index is 0.157. The molecule has 0 spiro atoms. The van der Waals surface area contributed by atoms with E-state index in [1.807, 2.05) is 60.7 Å². The van der Waals surface area contributed by atoms with Gasteiger partial charge >= 0.3 is 0 Å². The molecule has 0 N–H and O–H groups in total. The second kappa shape index (κ2) is 8.26. The summed E-state index contributed by atoms with van der Waals surface area (Å²) < 4.78 is 5.17. The molecule has 0 unspecified atom stereocenters.